The van der Waals surface area contributed by atoms with Gasteiger partial charge in [0.2, 0.25) is 5.91 Å². The number of aryl methyl sites for hydroxylation is 1. The van der Waals surface area contributed by atoms with Gasteiger partial charge in [0, 0.05) is 25.6 Å². The Labute approximate surface area is 157 Å². The second-order valence-corrected chi connectivity index (χ2v) is 6.32. The first-order valence-corrected chi connectivity index (χ1v) is 8.84. The third kappa shape index (κ3) is 6.08. The first-order valence-electron chi connectivity index (χ1n) is 8.84. The van der Waals surface area contributed by atoms with Gasteiger partial charge in [-0.05, 0) is 56.8 Å². The third-order valence-corrected chi connectivity index (χ3v) is 4.75. The van der Waals surface area contributed by atoms with Crippen LogP contribution < -0.4 is 14.8 Å². The summed E-state index contributed by atoms with van der Waals surface area (Å²) in [5.74, 6) is 1.80. The molecule has 6 heteroatoms. The Hall–Kier alpha value is -1.46. The zero-order chi connectivity index (χ0) is 17.4. The summed E-state index contributed by atoms with van der Waals surface area (Å²) in [4.78, 5) is 14.5. The van der Waals surface area contributed by atoms with Gasteiger partial charge in [0.1, 0.15) is 0 Å². The summed E-state index contributed by atoms with van der Waals surface area (Å²) in [5, 5.41) is 3.06. The van der Waals surface area contributed by atoms with E-state index >= 15 is 0 Å². The van der Waals surface area contributed by atoms with Crippen LogP contribution >= 0.6 is 12.4 Å². The van der Waals surface area contributed by atoms with Gasteiger partial charge in [0.25, 0.3) is 0 Å². The molecule has 2 rings (SSSR count). The number of nitrogens with zero attached hydrogens (tertiary/aromatic N) is 1. The Morgan fingerprint density at radius 3 is 2.68 bits per heavy atom. The molecule has 1 unspecified atom stereocenters. The number of methoxy groups -OCH3 is 2. The monoisotopic (exact) mass is 370 g/mol. The molecule has 1 aromatic rings. The van der Waals surface area contributed by atoms with Crippen LogP contribution in [0.25, 0.3) is 0 Å². The highest BCUT2D eigenvalue weighted by Crippen LogP contribution is 2.29. The second-order valence-electron chi connectivity index (χ2n) is 6.32. The fourth-order valence-electron chi connectivity index (χ4n) is 3.37. The van der Waals surface area contributed by atoms with Gasteiger partial charge >= 0.3 is 0 Å². The number of halogens is 1. The molecule has 0 radical (unpaired) electrons. The fraction of sp³-hybridized carbons (Fsp3) is 0.632. The van der Waals surface area contributed by atoms with E-state index in [0.717, 1.165) is 50.3 Å². The minimum atomic E-state index is 0. The van der Waals surface area contributed by atoms with E-state index in [-0.39, 0.29) is 18.3 Å². The lowest BCUT2D eigenvalue weighted by molar-refractivity contribution is -0.134. The van der Waals surface area contributed by atoms with Crippen LogP contribution in [0.4, 0.5) is 0 Å². The van der Waals surface area contributed by atoms with Gasteiger partial charge in [-0.2, -0.15) is 0 Å². The quantitative estimate of drug-likeness (QED) is 0.764. The van der Waals surface area contributed by atoms with E-state index in [2.05, 4.69) is 16.3 Å². The summed E-state index contributed by atoms with van der Waals surface area (Å²) < 4.78 is 10.7. The zero-order valence-electron chi connectivity index (χ0n) is 15.5. The highest BCUT2D eigenvalue weighted by atomic mass is 35.5. The summed E-state index contributed by atoms with van der Waals surface area (Å²) in [7, 11) is 5.19. The second kappa shape index (κ2) is 11.2. The molecule has 1 atom stereocenters. The summed E-state index contributed by atoms with van der Waals surface area (Å²) in [6, 6.07) is 6.42. The van der Waals surface area contributed by atoms with Crippen molar-refractivity contribution in [3.8, 4) is 11.5 Å². The van der Waals surface area contributed by atoms with Crippen molar-refractivity contribution >= 4 is 18.3 Å². The largest absolute Gasteiger partial charge is 0.493 e. The molecule has 1 heterocycles. The molecule has 1 fully saturated rings. The number of likely N-dealkylation sites (tertiary alicyclic amines) is 1. The van der Waals surface area contributed by atoms with E-state index in [0.29, 0.717) is 12.5 Å². The lowest BCUT2D eigenvalue weighted by atomic mass is 9.95. The van der Waals surface area contributed by atoms with Crippen molar-refractivity contribution < 1.29 is 14.3 Å². The van der Waals surface area contributed by atoms with Crippen LogP contribution in [0, 0.1) is 0 Å². The van der Waals surface area contributed by atoms with Crippen LogP contribution in [0.5, 0.6) is 11.5 Å². The summed E-state index contributed by atoms with van der Waals surface area (Å²) in [6.45, 7) is 1.65. The van der Waals surface area contributed by atoms with Crippen molar-refractivity contribution in [2.24, 2.45) is 0 Å². The summed E-state index contributed by atoms with van der Waals surface area (Å²) >= 11 is 0. The Balaban J connectivity index is 0.00000312. The zero-order valence-corrected chi connectivity index (χ0v) is 16.4. The number of rotatable bonds is 8. The van der Waals surface area contributed by atoms with Crippen LogP contribution in [0.3, 0.4) is 0 Å². The van der Waals surface area contributed by atoms with Crippen molar-refractivity contribution in [3.05, 3.63) is 23.8 Å². The lowest BCUT2D eigenvalue weighted by Crippen LogP contribution is -2.44. The molecule has 0 bridgehead atoms. The molecule has 1 aliphatic rings. The van der Waals surface area contributed by atoms with Gasteiger partial charge in [-0.25, -0.2) is 0 Å². The van der Waals surface area contributed by atoms with E-state index in [1.165, 1.54) is 12.0 Å². The van der Waals surface area contributed by atoms with Gasteiger partial charge in [0.15, 0.2) is 11.5 Å². The van der Waals surface area contributed by atoms with E-state index < -0.39 is 0 Å². The number of piperidine rings is 1. The Kier molecular flexibility index (Phi) is 9.68. The van der Waals surface area contributed by atoms with Crippen LogP contribution in [-0.2, 0) is 11.2 Å². The van der Waals surface area contributed by atoms with Crippen molar-refractivity contribution in [2.45, 2.75) is 44.6 Å². The highest BCUT2D eigenvalue weighted by Gasteiger charge is 2.25. The van der Waals surface area contributed by atoms with Gasteiger partial charge in [-0.3, -0.25) is 4.79 Å². The van der Waals surface area contributed by atoms with Crippen molar-refractivity contribution in [1.82, 2.24) is 10.2 Å². The van der Waals surface area contributed by atoms with Crippen LogP contribution in [0.2, 0.25) is 0 Å². The van der Waals surface area contributed by atoms with Gasteiger partial charge < -0.3 is 19.7 Å². The maximum atomic E-state index is 12.4. The molecular weight excluding hydrogens is 340 g/mol. The first-order chi connectivity index (χ1) is 11.7. The maximum Gasteiger partial charge on any atom is 0.224 e. The third-order valence-electron chi connectivity index (χ3n) is 4.75. The van der Waals surface area contributed by atoms with Crippen LogP contribution in [-0.4, -0.2) is 51.2 Å². The normalized spacial score (nSPS) is 16.9. The molecular formula is C19H31ClN2O3. The SMILES string of the molecule is CNCCC(=O)N1CCCCC1CCc1ccc(OC)c(OC)c1.Cl. The molecule has 0 aliphatic carbocycles. The minimum absolute atomic E-state index is 0. The first kappa shape index (κ1) is 21.6. The number of carbonyl (C=O) groups is 1. The number of benzene rings is 1. The number of amides is 1. The molecule has 1 amide bonds. The topological polar surface area (TPSA) is 50.8 Å². The van der Waals surface area contributed by atoms with Crippen LogP contribution in [0.1, 0.15) is 37.7 Å². The molecule has 1 aliphatic heterocycles. The van der Waals surface area contributed by atoms with Gasteiger partial charge in [-0.15, -0.1) is 12.4 Å². The molecule has 0 spiro atoms. The fourth-order valence-corrected chi connectivity index (χ4v) is 3.37. The average Bonchev–Trinajstić information content (AvgIpc) is 2.64. The minimum Gasteiger partial charge on any atom is -0.493 e. The molecule has 1 N–H and O–H groups in total. The van der Waals surface area contributed by atoms with Crippen LogP contribution in [0.15, 0.2) is 18.2 Å². The Bertz CT molecular complexity index is 539. The summed E-state index contributed by atoms with van der Waals surface area (Å²) in [6.07, 6.45) is 5.98. The van der Waals surface area contributed by atoms with E-state index in [1.807, 2.05) is 19.2 Å². The van der Waals surface area contributed by atoms with Crippen molar-refractivity contribution in [1.29, 1.82) is 0 Å². The van der Waals surface area contributed by atoms with E-state index in [1.54, 1.807) is 14.2 Å². The number of ether oxygens (including phenoxy) is 2. The standard InChI is InChI=1S/C19H30N2O3.ClH/c1-20-12-11-19(22)21-13-5-4-6-16(21)9-7-15-8-10-17(23-2)18(14-15)24-3;/h8,10,14,16,20H,4-7,9,11-13H2,1-3H3;1H. The number of nitrogens with one attached hydrogen (secondary N) is 1. The van der Waals surface area contributed by atoms with E-state index in [9.17, 15) is 4.79 Å². The number of hydrogen-bond acceptors (Lipinski definition) is 4. The molecule has 0 saturated carbocycles. The highest BCUT2D eigenvalue weighted by molar-refractivity contribution is 5.85. The predicted octanol–water partition coefficient (Wildman–Crippen LogP) is 3.05. The van der Waals surface area contributed by atoms with Crippen molar-refractivity contribution in [3.63, 3.8) is 0 Å². The summed E-state index contributed by atoms with van der Waals surface area (Å²) in [5.41, 5.74) is 1.22. The number of carbonyl (C=O) groups excluding carboxylic acids is 1. The molecule has 1 saturated heterocycles. The average molecular weight is 371 g/mol. The predicted molar refractivity (Wildman–Crippen MR) is 103 cm³/mol. The Morgan fingerprint density at radius 2 is 2.00 bits per heavy atom. The molecule has 5 nitrogen and oxygen atoms in total. The van der Waals surface area contributed by atoms with Gasteiger partial charge in [0.05, 0.1) is 14.2 Å². The molecule has 0 aromatic heterocycles. The van der Waals surface area contributed by atoms with E-state index in [4.69, 9.17) is 9.47 Å². The molecule has 1 aromatic carbocycles. The molecule has 25 heavy (non-hydrogen) atoms. The molecule has 142 valence electrons. The lowest BCUT2D eigenvalue weighted by Gasteiger charge is -2.36. The van der Waals surface area contributed by atoms with Gasteiger partial charge in [-0.1, -0.05) is 6.07 Å². The number of hydrogen-bond donors (Lipinski definition) is 1. The Morgan fingerprint density at radius 1 is 1.24 bits per heavy atom. The smallest absolute Gasteiger partial charge is 0.224 e. The van der Waals surface area contributed by atoms with Crippen molar-refractivity contribution in [2.75, 3.05) is 34.4 Å². The maximum absolute atomic E-state index is 12.4.